The number of ketones is 1. The summed E-state index contributed by atoms with van der Waals surface area (Å²) in [6, 6.07) is 38.3. The van der Waals surface area contributed by atoms with Crippen molar-refractivity contribution in [2.45, 2.75) is 34.3 Å². The molecular weight excluding hydrogens is 636 g/mol. The molecule has 4 heterocycles. The van der Waals surface area contributed by atoms with E-state index in [0.29, 0.717) is 11.1 Å². The highest BCUT2D eigenvalue weighted by molar-refractivity contribution is 6.05. The number of hydrogen-bond donors (Lipinski definition) is 2. The minimum absolute atomic E-state index is 0. The van der Waals surface area contributed by atoms with E-state index in [-0.39, 0.29) is 25.4 Å². The van der Waals surface area contributed by atoms with Gasteiger partial charge in [-0.2, -0.15) is 0 Å². The first kappa shape index (κ1) is 37.4. The summed E-state index contributed by atoms with van der Waals surface area (Å²) in [5, 5.41) is 22.0. The number of aliphatic hydroxyl groups excluding tert-OH is 1. The number of carboxylic acid groups (broad SMARTS) is 1. The molecule has 0 saturated heterocycles. The molecule has 8 heteroatoms. The summed E-state index contributed by atoms with van der Waals surface area (Å²) in [6.07, 6.45) is 7.93. The Balaban J connectivity index is 0.000000152. The molecule has 0 atom stereocenters. The average molecular weight is 677 g/mol. The van der Waals surface area contributed by atoms with Crippen molar-refractivity contribution in [3.63, 3.8) is 0 Å². The molecule has 51 heavy (non-hydrogen) atoms. The molecule has 0 aliphatic carbocycles. The van der Waals surface area contributed by atoms with Crippen LogP contribution in [0, 0.1) is 0 Å². The molecular formula is C43H40N4O4. The van der Waals surface area contributed by atoms with E-state index >= 15 is 0 Å². The summed E-state index contributed by atoms with van der Waals surface area (Å²) in [5.74, 6) is -0.881. The molecule has 0 aliphatic heterocycles. The van der Waals surface area contributed by atoms with Crippen molar-refractivity contribution >= 4 is 55.4 Å². The number of Topliss-reactive ketones (excluding diaryl/α,β-unsaturated/α-hetero) is 1. The van der Waals surface area contributed by atoms with Crippen molar-refractivity contribution in [3.05, 3.63) is 168 Å². The van der Waals surface area contributed by atoms with Crippen LogP contribution < -0.4 is 0 Å². The minimum atomic E-state index is -0.940. The number of benzene rings is 4. The van der Waals surface area contributed by atoms with E-state index in [1.165, 1.54) is 10.9 Å². The molecule has 0 bridgehead atoms. The van der Waals surface area contributed by atoms with Crippen molar-refractivity contribution in [1.82, 2.24) is 19.9 Å². The molecule has 0 amide bonds. The second-order valence-corrected chi connectivity index (χ2v) is 11.1. The third-order valence-corrected chi connectivity index (χ3v) is 7.86. The number of carbonyl (C=O) groups excluding carboxylic acids is 1. The lowest BCUT2D eigenvalue weighted by atomic mass is 10.1. The Morgan fingerprint density at radius 3 is 1.29 bits per heavy atom. The van der Waals surface area contributed by atoms with Gasteiger partial charge >= 0.3 is 5.97 Å². The van der Waals surface area contributed by atoms with Gasteiger partial charge in [0, 0.05) is 57.5 Å². The van der Waals surface area contributed by atoms with E-state index in [4.69, 9.17) is 10.2 Å². The maximum absolute atomic E-state index is 11.2. The Bertz CT molecular complexity index is 2200. The number of hydrogen-bond acceptors (Lipinski definition) is 7. The number of carboxylic acids is 1. The second kappa shape index (κ2) is 18.4. The first-order chi connectivity index (χ1) is 24.4. The lowest BCUT2D eigenvalue weighted by Crippen LogP contribution is -1.97. The van der Waals surface area contributed by atoms with Crippen LogP contribution >= 0.6 is 0 Å². The molecule has 8 rings (SSSR count). The van der Waals surface area contributed by atoms with E-state index in [2.05, 4.69) is 51.1 Å². The molecule has 2 N–H and O–H groups in total. The van der Waals surface area contributed by atoms with Gasteiger partial charge in [0.2, 0.25) is 0 Å². The fourth-order valence-corrected chi connectivity index (χ4v) is 5.41. The SMILES string of the molecule is C.CC(=O)c1cccc2cccnc12.CCc1cccc2cccnc12.O=C(O)c1cccc2cccnc12.OCc1cccc2cccnc12. The van der Waals surface area contributed by atoms with Gasteiger partial charge in [0.1, 0.15) is 0 Å². The van der Waals surface area contributed by atoms with E-state index in [0.717, 1.165) is 44.7 Å². The van der Waals surface area contributed by atoms with Gasteiger partial charge in [0.15, 0.2) is 5.78 Å². The van der Waals surface area contributed by atoms with Crippen molar-refractivity contribution in [3.8, 4) is 0 Å². The van der Waals surface area contributed by atoms with Gasteiger partial charge in [-0.25, -0.2) is 4.79 Å². The fraction of sp³-hybridized carbons (Fsp3) is 0.116. The number of aromatic carboxylic acids is 1. The van der Waals surface area contributed by atoms with Crippen LogP contribution in [-0.2, 0) is 13.0 Å². The average Bonchev–Trinajstić information content (AvgIpc) is 3.17. The van der Waals surface area contributed by atoms with Gasteiger partial charge in [-0.15, -0.1) is 0 Å². The molecule has 0 unspecified atom stereocenters. The van der Waals surface area contributed by atoms with Gasteiger partial charge in [-0.05, 0) is 55.3 Å². The number of nitrogens with zero attached hydrogens (tertiary/aromatic N) is 4. The van der Waals surface area contributed by atoms with Gasteiger partial charge in [-0.3, -0.25) is 24.7 Å². The Morgan fingerprint density at radius 2 is 0.863 bits per heavy atom. The molecule has 8 aromatic rings. The Labute approximate surface area is 297 Å². The van der Waals surface area contributed by atoms with Crippen LogP contribution in [0.2, 0.25) is 0 Å². The van der Waals surface area contributed by atoms with Crippen molar-refractivity contribution < 1.29 is 19.8 Å². The largest absolute Gasteiger partial charge is 0.478 e. The topological polar surface area (TPSA) is 126 Å². The van der Waals surface area contributed by atoms with Crippen LogP contribution in [-0.4, -0.2) is 41.9 Å². The first-order valence-electron chi connectivity index (χ1n) is 16.1. The Morgan fingerprint density at radius 1 is 0.510 bits per heavy atom. The summed E-state index contributed by atoms with van der Waals surface area (Å²) >= 11 is 0. The zero-order valence-electron chi connectivity index (χ0n) is 27.8. The highest BCUT2D eigenvalue weighted by atomic mass is 16.4. The summed E-state index contributed by atoms with van der Waals surface area (Å²) in [7, 11) is 0. The van der Waals surface area contributed by atoms with Crippen LogP contribution in [0.3, 0.4) is 0 Å². The number of aryl methyl sites for hydroxylation is 1. The lowest BCUT2D eigenvalue weighted by Gasteiger charge is -2.00. The van der Waals surface area contributed by atoms with Crippen LogP contribution in [0.1, 0.15) is 53.1 Å². The second-order valence-electron chi connectivity index (χ2n) is 11.1. The normalized spacial score (nSPS) is 10.1. The smallest absolute Gasteiger partial charge is 0.337 e. The van der Waals surface area contributed by atoms with Crippen molar-refractivity contribution in [2.75, 3.05) is 0 Å². The van der Waals surface area contributed by atoms with Gasteiger partial charge in [0.25, 0.3) is 0 Å². The van der Waals surface area contributed by atoms with Crippen molar-refractivity contribution in [2.24, 2.45) is 0 Å². The highest BCUT2D eigenvalue weighted by Crippen LogP contribution is 2.18. The maximum atomic E-state index is 11.2. The molecule has 0 radical (unpaired) electrons. The van der Waals surface area contributed by atoms with Gasteiger partial charge < -0.3 is 10.2 Å². The third kappa shape index (κ3) is 9.41. The van der Waals surface area contributed by atoms with Gasteiger partial charge in [-0.1, -0.05) is 99.3 Å². The molecule has 8 nitrogen and oxygen atoms in total. The third-order valence-electron chi connectivity index (χ3n) is 7.86. The summed E-state index contributed by atoms with van der Waals surface area (Å²) in [4.78, 5) is 38.7. The number of pyridine rings is 4. The number of aromatic nitrogens is 4. The van der Waals surface area contributed by atoms with Crippen LogP contribution in [0.25, 0.3) is 43.6 Å². The van der Waals surface area contributed by atoms with Crippen molar-refractivity contribution in [1.29, 1.82) is 0 Å². The first-order valence-corrected chi connectivity index (χ1v) is 16.1. The monoisotopic (exact) mass is 676 g/mol. The molecule has 0 saturated carbocycles. The zero-order chi connectivity index (χ0) is 35.3. The van der Waals surface area contributed by atoms with E-state index in [1.807, 2.05) is 79.0 Å². The Hall–Kier alpha value is -6.38. The van der Waals surface area contributed by atoms with Gasteiger partial charge in [0.05, 0.1) is 34.2 Å². The summed E-state index contributed by atoms with van der Waals surface area (Å²) in [6.45, 7) is 3.77. The van der Waals surface area contributed by atoms with E-state index < -0.39 is 5.97 Å². The quantitative estimate of drug-likeness (QED) is 0.177. The molecule has 4 aromatic heterocycles. The Kier molecular flexibility index (Phi) is 13.5. The maximum Gasteiger partial charge on any atom is 0.337 e. The molecule has 0 aliphatic rings. The highest BCUT2D eigenvalue weighted by Gasteiger charge is 2.08. The fourth-order valence-electron chi connectivity index (χ4n) is 5.41. The number of para-hydroxylation sites is 4. The van der Waals surface area contributed by atoms with E-state index in [1.54, 1.807) is 49.8 Å². The molecule has 4 aromatic carbocycles. The molecule has 0 spiro atoms. The zero-order valence-corrected chi connectivity index (χ0v) is 27.8. The predicted octanol–water partition coefficient (Wildman–Crippen LogP) is 9.53. The van der Waals surface area contributed by atoms with Crippen LogP contribution in [0.4, 0.5) is 0 Å². The molecule has 256 valence electrons. The minimum Gasteiger partial charge on any atom is -0.478 e. The van der Waals surface area contributed by atoms with Crippen LogP contribution in [0.5, 0.6) is 0 Å². The predicted molar refractivity (Wildman–Crippen MR) is 206 cm³/mol. The number of carbonyl (C=O) groups is 2. The number of aliphatic hydroxyl groups is 1. The standard InChI is InChI=1S/C11H9NO.C11H11N.C10H7NO2.C10H9NO.CH4/c1-8(13)10-6-2-4-9-5-3-7-12-11(9)10;1-2-9-5-3-6-10-7-4-8-12-11(9)10;12-10(13)8-5-1-3-7-4-2-6-11-9(7)8;12-7-9-4-1-3-8-5-2-6-11-10(8)9;/h2-7H,1H3;3-8H,2H2,1H3;1-6H,(H,12,13);1-6,12H,7H2;1H4. The summed E-state index contributed by atoms with van der Waals surface area (Å²) in [5.41, 5.74) is 6.51. The number of fused-ring (bicyclic) bond motifs is 4. The lowest BCUT2D eigenvalue weighted by molar-refractivity contribution is 0.0698. The molecule has 0 fully saturated rings. The number of rotatable bonds is 4. The summed E-state index contributed by atoms with van der Waals surface area (Å²) < 4.78 is 0. The van der Waals surface area contributed by atoms with E-state index in [9.17, 15) is 9.59 Å². The van der Waals surface area contributed by atoms with Crippen LogP contribution in [0.15, 0.2) is 146 Å².